The van der Waals surface area contributed by atoms with E-state index in [1.807, 2.05) is 17.4 Å². The van der Waals surface area contributed by atoms with Gasteiger partial charge in [0.1, 0.15) is 0 Å². The van der Waals surface area contributed by atoms with E-state index in [1.165, 1.54) is 23.4 Å². The van der Waals surface area contributed by atoms with Crippen molar-refractivity contribution in [1.29, 1.82) is 0 Å². The zero-order valence-electron chi connectivity index (χ0n) is 10.7. The summed E-state index contributed by atoms with van der Waals surface area (Å²) in [7, 11) is 0. The summed E-state index contributed by atoms with van der Waals surface area (Å²) >= 11 is 8.08. The second-order valence-electron chi connectivity index (χ2n) is 4.92. The number of halogens is 1. The van der Waals surface area contributed by atoms with Gasteiger partial charge in [0.25, 0.3) is 0 Å². The molecule has 0 aliphatic heterocycles. The third-order valence-corrected chi connectivity index (χ3v) is 4.70. The molecule has 1 aliphatic carbocycles. The van der Waals surface area contributed by atoms with Gasteiger partial charge in [0.15, 0.2) is 0 Å². The van der Waals surface area contributed by atoms with Crippen molar-refractivity contribution in [3.63, 3.8) is 0 Å². The number of rotatable bonds is 5. The summed E-state index contributed by atoms with van der Waals surface area (Å²) in [4.78, 5) is 3.85. The lowest BCUT2D eigenvalue weighted by atomic mass is 10.2. The molecule has 2 nitrogen and oxygen atoms in total. The van der Waals surface area contributed by atoms with Crippen LogP contribution in [0.15, 0.2) is 35.7 Å². The van der Waals surface area contributed by atoms with Crippen LogP contribution >= 0.6 is 22.9 Å². The van der Waals surface area contributed by atoms with Gasteiger partial charge in [-0.05, 0) is 42.0 Å². The van der Waals surface area contributed by atoms with Crippen molar-refractivity contribution in [2.45, 2.75) is 32.0 Å². The minimum Gasteiger partial charge on any atom is -0.363 e. The van der Waals surface area contributed by atoms with Gasteiger partial charge in [-0.15, -0.1) is 11.3 Å². The minimum atomic E-state index is 0.494. The van der Waals surface area contributed by atoms with E-state index >= 15 is 0 Å². The van der Waals surface area contributed by atoms with Crippen LogP contribution in [0.4, 0.5) is 5.69 Å². The number of nitrogens with two attached hydrogens (primary N) is 1. The van der Waals surface area contributed by atoms with Crippen LogP contribution in [-0.2, 0) is 13.1 Å². The highest BCUT2D eigenvalue weighted by Gasteiger charge is 2.29. The lowest BCUT2D eigenvalue weighted by molar-refractivity contribution is 0.803. The van der Waals surface area contributed by atoms with Gasteiger partial charge in [-0.1, -0.05) is 23.7 Å². The molecule has 1 aliphatic rings. The summed E-state index contributed by atoms with van der Waals surface area (Å²) in [5.74, 6) is 0. The van der Waals surface area contributed by atoms with Crippen molar-refractivity contribution in [2.75, 3.05) is 4.90 Å². The Hall–Kier alpha value is -1.03. The molecule has 2 aromatic rings. The van der Waals surface area contributed by atoms with E-state index in [4.69, 9.17) is 17.3 Å². The summed E-state index contributed by atoms with van der Waals surface area (Å²) < 4.78 is 0. The molecule has 100 valence electrons. The Morgan fingerprint density at radius 3 is 2.74 bits per heavy atom. The summed E-state index contributed by atoms with van der Waals surface area (Å²) in [6.07, 6.45) is 2.56. The van der Waals surface area contributed by atoms with Gasteiger partial charge < -0.3 is 10.6 Å². The van der Waals surface area contributed by atoms with E-state index in [-0.39, 0.29) is 0 Å². The topological polar surface area (TPSA) is 29.3 Å². The van der Waals surface area contributed by atoms with Gasteiger partial charge in [-0.3, -0.25) is 0 Å². The molecule has 0 bridgehead atoms. The van der Waals surface area contributed by atoms with Crippen LogP contribution in [0.1, 0.15) is 23.3 Å². The molecule has 1 aromatic heterocycles. The molecule has 0 atom stereocenters. The quantitative estimate of drug-likeness (QED) is 0.901. The highest BCUT2D eigenvalue weighted by molar-refractivity contribution is 7.09. The number of nitrogens with zero attached hydrogens (tertiary/aromatic N) is 1. The van der Waals surface area contributed by atoms with Gasteiger partial charge in [0, 0.05) is 28.2 Å². The molecule has 0 amide bonds. The second-order valence-corrected chi connectivity index (χ2v) is 6.36. The molecule has 1 fully saturated rings. The van der Waals surface area contributed by atoms with Crippen LogP contribution in [0.5, 0.6) is 0 Å². The monoisotopic (exact) mass is 292 g/mol. The first kappa shape index (κ1) is 13.0. The minimum absolute atomic E-state index is 0.494. The van der Waals surface area contributed by atoms with Gasteiger partial charge in [-0.25, -0.2) is 0 Å². The number of hydrogen-bond acceptors (Lipinski definition) is 3. The van der Waals surface area contributed by atoms with Crippen molar-refractivity contribution in [1.82, 2.24) is 0 Å². The van der Waals surface area contributed by atoms with Gasteiger partial charge in [0.05, 0.1) is 6.54 Å². The maximum Gasteiger partial charge on any atom is 0.0525 e. The fraction of sp³-hybridized carbons (Fsp3) is 0.333. The maximum absolute atomic E-state index is 6.28. The third kappa shape index (κ3) is 2.94. The zero-order chi connectivity index (χ0) is 13.2. The average molecular weight is 293 g/mol. The Morgan fingerprint density at radius 2 is 2.16 bits per heavy atom. The molecular formula is C15H17ClN2S. The van der Waals surface area contributed by atoms with Crippen LogP contribution in [-0.4, -0.2) is 6.04 Å². The number of thiophene rings is 1. The number of anilines is 1. The summed E-state index contributed by atoms with van der Waals surface area (Å²) in [6, 6.07) is 11.2. The normalized spacial score (nSPS) is 14.6. The Kier molecular flexibility index (Phi) is 3.78. The van der Waals surface area contributed by atoms with Crippen LogP contribution in [0, 0.1) is 0 Å². The van der Waals surface area contributed by atoms with Crippen molar-refractivity contribution < 1.29 is 0 Å². The Balaban J connectivity index is 1.85. The largest absolute Gasteiger partial charge is 0.363 e. The lowest BCUT2D eigenvalue weighted by Crippen LogP contribution is -2.24. The summed E-state index contributed by atoms with van der Waals surface area (Å²) in [5, 5.41) is 2.90. The van der Waals surface area contributed by atoms with Crippen LogP contribution < -0.4 is 10.6 Å². The second kappa shape index (κ2) is 5.53. The first-order valence-corrected chi connectivity index (χ1v) is 7.81. The van der Waals surface area contributed by atoms with Crippen molar-refractivity contribution in [3.8, 4) is 0 Å². The molecule has 1 aromatic carbocycles. The smallest absolute Gasteiger partial charge is 0.0525 e. The Bertz CT molecular complexity index is 549. The number of hydrogen-bond donors (Lipinski definition) is 1. The van der Waals surface area contributed by atoms with Gasteiger partial charge in [-0.2, -0.15) is 0 Å². The van der Waals surface area contributed by atoms with Crippen molar-refractivity contribution >= 4 is 28.6 Å². The maximum atomic E-state index is 6.28. The molecule has 1 saturated carbocycles. The molecule has 0 radical (unpaired) electrons. The third-order valence-electron chi connectivity index (χ3n) is 3.48. The van der Waals surface area contributed by atoms with E-state index < -0.39 is 0 Å². The van der Waals surface area contributed by atoms with Gasteiger partial charge >= 0.3 is 0 Å². The highest BCUT2D eigenvalue weighted by Crippen LogP contribution is 2.35. The van der Waals surface area contributed by atoms with Crippen LogP contribution in [0.3, 0.4) is 0 Å². The first-order chi connectivity index (χ1) is 9.28. The summed E-state index contributed by atoms with van der Waals surface area (Å²) in [5.41, 5.74) is 7.88. The fourth-order valence-electron chi connectivity index (χ4n) is 2.27. The molecule has 0 saturated heterocycles. The molecule has 1 heterocycles. The molecule has 0 unspecified atom stereocenters. The molecule has 4 heteroatoms. The standard InChI is InChI=1S/C15H17ClN2S/c16-15-8-13(4-3-11(15)9-17)18(12-5-6-12)10-14-2-1-7-19-14/h1-4,7-8,12H,5-6,9-10,17H2. The molecule has 3 rings (SSSR count). The van der Waals surface area contributed by atoms with E-state index in [9.17, 15) is 0 Å². The van der Waals surface area contributed by atoms with Crippen LogP contribution in [0.2, 0.25) is 5.02 Å². The van der Waals surface area contributed by atoms with Crippen molar-refractivity contribution in [3.05, 3.63) is 51.2 Å². The highest BCUT2D eigenvalue weighted by atomic mass is 35.5. The van der Waals surface area contributed by atoms with Gasteiger partial charge in [0.2, 0.25) is 0 Å². The molecule has 0 spiro atoms. The zero-order valence-corrected chi connectivity index (χ0v) is 12.3. The Labute approximate surface area is 122 Å². The Morgan fingerprint density at radius 1 is 1.32 bits per heavy atom. The van der Waals surface area contributed by atoms with Crippen molar-refractivity contribution in [2.24, 2.45) is 5.73 Å². The van der Waals surface area contributed by atoms with E-state index in [2.05, 4.69) is 34.5 Å². The molecular weight excluding hydrogens is 276 g/mol. The predicted molar refractivity (Wildman–Crippen MR) is 82.9 cm³/mol. The SMILES string of the molecule is NCc1ccc(N(Cc2cccs2)C2CC2)cc1Cl. The first-order valence-electron chi connectivity index (χ1n) is 6.55. The molecule has 2 N–H and O–H groups in total. The molecule has 19 heavy (non-hydrogen) atoms. The van der Waals surface area contributed by atoms with E-state index in [1.54, 1.807) is 0 Å². The lowest BCUT2D eigenvalue weighted by Gasteiger charge is -2.24. The average Bonchev–Trinajstić information content (AvgIpc) is 3.13. The van der Waals surface area contributed by atoms with Crippen LogP contribution in [0.25, 0.3) is 0 Å². The van der Waals surface area contributed by atoms with E-state index in [0.717, 1.165) is 17.1 Å². The fourth-order valence-corrected chi connectivity index (χ4v) is 3.22. The van der Waals surface area contributed by atoms with E-state index in [0.29, 0.717) is 12.6 Å². The number of benzene rings is 1. The predicted octanol–water partition coefficient (Wildman–Crippen LogP) is 4.03. The summed E-state index contributed by atoms with van der Waals surface area (Å²) in [6.45, 7) is 1.47.